The van der Waals surface area contributed by atoms with Crippen molar-refractivity contribution in [2.24, 2.45) is 7.05 Å². The van der Waals surface area contributed by atoms with Crippen LogP contribution in [0, 0.1) is 0 Å². The van der Waals surface area contributed by atoms with Gasteiger partial charge in [0.25, 0.3) is 0 Å². The maximum atomic E-state index is 11.7. The van der Waals surface area contributed by atoms with Gasteiger partial charge in [-0.1, -0.05) is 38.1 Å². The number of carbonyl (C=O) groups excluding carboxylic acids is 1. The molecule has 1 unspecified atom stereocenters. The van der Waals surface area contributed by atoms with Gasteiger partial charge in [0.15, 0.2) is 5.78 Å². The monoisotopic (exact) mass is 256 g/mol. The van der Waals surface area contributed by atoms with Crippen LogP contribution in [-0.4, -0.2) is 15.6 Å². The van der Waals surface area contributed by atoms with Gasteiger partial charge in [0, 0.05) is 19.5 Å². The number of benzene rings is 1. The zero-order chi connectivity index (χ0) is 14.0. The number of aryl methyl sites for hydroxylation is 1. The molecule has 3 nitrogen and oxygen atoms in total. The van der Waals surface area contributed by atoms with Crippen LogP contribution in [0.25, 0.3) is 11.1 Å². The molecule has 19 heavy (non-hydrogen) atoms. The van der Waals surface area contributed by atoms with Crippen LogP contribution in [0.15, 0.2) is 30.5 Å². The lowest BCUT2D eigenvalue weighted by molar-refractivity contribution is 0.100. The molecular weight excluding hydrogens is 236 g/mol. The molecule has 0 saturated carbocycles. The van der Waals surface area contributed by atoms with Gasteiger partial charge in [-0.2, -0.15) is 5.10 Å². The molecule has 100 valence electrons. The number of ketones is 1. The Balaban J connectivity index is 2.40. The smallest absolute Gasteiger partial charge is 0.178 e. The molecule has 0 amide bonds. The van der Waals surface area contributed by atoms with E-state index >= 15 is 0 Å². The summed E-state index contributed by atoms with van der Waals surface area (Å²) in [5.41, 5.74) is 3.95. The highest BCUT2D eigenvalue weighted by Gasteiger charge is 2.14. The van der Waals surface area contributed by atoms with Crippen molar-refractivity contribution in [1.29, 1.82) is 0 Å². The van der Waals surface area contributed by atoms with Crippen LogP contribution >= 0.6 is 0 Å². The third-order valence-corrected chi connectivity index (χ3v) is 3.68. The van der Waals surface area contributed by atoms with Gasteiger partial charge in [0.2, 0.25) is 0 Å². The first kappa shape index (κ1) is 13.5. The highest BCUT2D eigenvalue weighted by atomic mass is 16.1. The number of hydrogen-bond acceptors (Lipinski definition) is 2. The maximum absolute atomic E-state index is 11.7. The van der Waals surface area contributed by atoms with Gasteiger partial charge in [0.05, 0.1) is 6.20 Å². The zero-order valence-corrected chi connectivity index (χ0v) is 12.0. The highest BCUT2D eigenvalue weighted by Crippen LogP contribution is 2.26. The van der Waals surface area contributed by atoms with Gasteiger partial charge >= 0.3 is 0 Å². The second-order valence-electron chi connectivity index (χ2n) is 5.02. The predicted molar refractivity (Wildman–Crippen MR) is 77.4 cm³/mol. The third kappa shape index (κ3) is 2.60. The number of rotatable bonds is 4. The van der Waals surface area contributed by atoms with Crippen LogP contribution in [0.5, 0.6) is 0 Å². The Labute approximate surface area is 114 Å². The molecule has 3 heteroatoms. The van der Waals surface area contributed by atoms with Gasteiger partial charge in [-0.15, -0.1) is 0 Å². The van der Waals surface area contributed by atoms with Crippen molar-refractivity contribution in [1.82, 2.24) is 9.78 Å². The van der Waals surface area contributed by atoms with Crippen LogP contribution < -0.4 is 0 Å². The summed E-state index contributed by atoms with van der Waals surface area (Å²) >= 11 is 0. The van der Waals surface area contributed by atoms with Gasteiger partial charge in [-0.05, 0) is 23.5 Å². The average molecular weight is 256 g/mol. The lowest BCUT2D eigenvalue weighted by atomic mass is 9.96. The van der Waals surface area contributed by atoms with Gasteiger partial charge in [-0.25, -0.2) is 0 Å². The summed E-state index contributed by atoms with van der Waals surface area (Å²) in [7, 11) is 1.80. The van der Waals surface area contributed by atoms with Crippen LogP contribution in [0.1, 0.15) is 49.2 Å². The minimum Gasteiger partial charge on any atom is -0.293 e. The number of hydrogen-bond donors (Lipinski definition) is 0. The van der Waals surface area contributed by atoms with E-state index in [4.69, 9.17) is 0 Å². The fraction of sp³-hybridized carbons (Fsp3) is 0.375. The number of aromatic nitrogens is 2. The molecule has 1 heterocycles. The standard InChI is InChI=1S/C16H20N2O/c1-5-11(2)13-6-8-14(9-7-13)15-10-17-18(4)16(15)12(3)19/h6-11H,5H2,1-4H3. The molecule has 0 radical (unpaired) electrons. The number of Topliss-reactive ketones (excluding diaryl/α,β-unsaturated/α-hetero) is 1. The van der Waals surface area contributed by atoms with Crippen LogP contribution in [0.3, 0.4) is 0 Å². The summed E-state index contributed by atoms with van der Waals surface area (Å²) in [6, 6.07) is 8.43. The fourth-order valence-corrected chi connectivity index (χ4v) is 2.29. The first-order valence-corrected chi connectivity index (χ1v) is 6.67. The third-order valence-electron chi connectivity index (χ3n) is 3.68. The molecule has 0 saturated heterocycles. The Hall–Kier alpha value is -1.90. The van der Waals surface area contributed by atoms with Crippen LogP contribution in [-0.2, 0) is 7.05 Å². The lowest BCUT2D eigenvalue weighted by Crippen LogP contribution is -2.04. The molecule has 1 atom stereocenters. The Kier molecular flexibility index (Phi) is 3.84. The normalized spacial score (nSPS) is 12.4. The molecule has 0 aliphatic heterocycles. The zero-order valence-electron chi connectivity index (χ0n) is 12.0. The Morgan fingerprint density at radius 2 is 1.95 bits per heavy atom. The molecule has 1 aromatic heterocycles. The van der Waals surface area contributed by atoms with E-state index in [2.05, 4.69) is 43.2 Å². The minimum atomic E-state index is 0.0426. The van der Waals surface area contributed by atoms with E-state index in [9.17, 15) is 4.79 Å². The Bertz CT molecular complexity index is 581. The van der Waals surface area contributed by atoms with Crippen molar-refractivity contribution in [2.75, 3.05) is 0 Å². The van der Waals surface area contributed by atoms with Crippen molar-refractivity contribution in [3.63, 3.8) is 0 Å². The van der Waals surface area contributed by atoms with Crippen molar-refractivity contribution < 1.29 is 4.79 Å². The van der Waals surface area contributed by atoms with E-state index in [0.717, 1.165) is 17.5 Å². The molecule has 0 aliphatic carbocycles. The summed E-state index contributed by atoms with van der Waals surface area (Å²) in [4.78, 5) is 11.7. The second-order valence-corrected chi connectivity index (χ2v) is 5.02. The van der Waals surface area contributed by atoms with E-state index in [1.54, 1.807) is 24.9 Å². The first-order chi connectivity index (χ1) is 9.04. The van der Waals surface area contributed by atoms with Crippen LogP contribution in [0.2, 0.25) is 0 Å². The van der Waals surface area contributed by atoms with E-state index in [0.29, 0.717) is 11.6 Å². The van der Waals surface area contributed by atoms with Crippen molar-refractivity contribution in [2.45, 2.75) is 33.1 Å². The predicted octanol–water partition coefficient (Wildman–Crippen LogP) is 3.80. The summed E-state index contributed by atoms with van der Waals surface area (Å²) in [6.07, 6.45) is 2.89. The molecular formula is C16H20N2O. The largest absolute Gasteiger partial charge is 0.293 e. The summed E-state index contributed by atoms with van der Waals surface area (Å²) in [5.74, 6) is 0.608. The summed E-state index contributed by atoms with van der Waals surface area (Å²) in [6.45, 7) is 5.99. The van der Waals surface area contributed by atoms with Gasteiger partial charge < -0.3 is 0 Å². The Morgan fingerprint density at radius 1 is 1.32 bits per heavy atom. The molecule has 0 bridgehead atoms. The minimum absolute atomic E-state index is 0.0426. The van der Waals surface area contributed by atoms with Crippen molar-refractivity contribution in [3.8, 4) is 11.1 Å². The van der Waals surface area contributed by atoms with E-state index in [-0.39, 0.29) is 5.78 Å². The fourth-order valence-electron chi connectivity index (χ4n) is 2.29. The van der Waals surface area contributed by atoms with E-state index in [1.807, 2.05) is 0 Å². The molecule has 2 rings (SSSR count). The molecule has 1 aromatic carbocycles. The summed E-state index contributed by atoms with van der Waals surface area (Å²) in [5, 5.41) is 4.18. The van der Waals surface area contributed by atoms with E-state index < -0.39 is 0 Å². The quantitative estimate of drug-likeness (QED) is 0.780. The molecule has 2 aromatic rings. The van der Waals surface area contributed by atoms with Gasteiger partial charge in [-0.3, -0.25) is 9.48 Å². The van der Waals surface area contributed by atoms with E-state index in [1.165, 1.54) is 5.56 Å². The first-order valence-electron chi connectivity index (χ1n) is 6.67. The van der Waals surface area contributed by atoms with Crippen molar-refractivity contribution >= 4 is 5.78 Å². The average Bonchev–Trinajstić information content (AvgIpc) is 2.80. The van der Waals surface area contributed by atoms with Crippen molar-refractivity contribution in [3.05, 3.63) is 41.7 Å². The lowest BCUT2D eigenvalue weighted by Gasteiger charge is -2.09. The molecule has 0 fully saturated rings. The number of nitrogens with zero attached hydrogens (tertiary/aromatic N) is 2. The number of carbonyl (C=O) groups is 1. The topological polar surface area (TPSA) is 34.9 Å². The molecule has 0 spiro atoms. The van der Waals surface area contributed by atoms with Crippen LogP contribution in [0.4, 0.5) is 0 Å². The SMILES string of the molecule is CCC(C)c1ccc(-c2cnn(C)c2C(C)=O)cc1. The maximum Gasteiger partial charge on any atom is 0.178 e. The summed E-state index contributed by atoms with van der Waals surface area (Å²) < 4.78 is 1.64. The highest BCUT2D eigenvalue weighted by molar-refractivity contribution is 5.99. The Morgan fingerprint density at radius 3 is 2.47 bits per heavy atom. The second kappa shape index (κ2) is 5.39. The molecule has 0 aliphatic rings. The van der Waals surface area contributed by atoms with Gasteiger partial charge in [0.1, 0.15) is 5.69 Å². The molecule has 0 N–H and O–H groups in total.